The molecule has 3 heterocycles. The molecule has 5 rings (SSSR count). The van der Waals surface area contributed by atoms with E-state index in [1.54, 1.807) is 6.20 Å². The smallest absolute Gasteiger partial charge is 0.227 e. The molecule has 0 amide bonds. The van der Waals surface area contributed by atoms with Crippen LogP contribution < -0.4 is 16.0 Å². The number of hydrogen-bond acceptors (Lipinski definition) is 8. The minimum atomic E-state index is 0.172. The van der Waals surface area contributed by atoms with Gasteiger partial charge in [-0.25, -0.2) is 9.97 Å². The maximum atomic E-state index is 6.64. The van der Waals surface area contributed by atoms with Gasteiger partial charge in [0.15, 0.2) is 0 Å². The fraction of sp³-hybridized carbons (Fsp3) is 0.500. The summed E-state index contributed by atoms with van der Waals surface area (Å²) in [7, 11) is 0. The van der Waals surface area contributed by atoms with Crippen LogP contribution in [0.15, 0.2) is 35.2 Å². The molecule has 3 N–H and O–H groups in total. The number of anilines is 2. The zero-order valence-corrected chi connectivity index (χ0v) is 19.5. The van der Waals surface area contributed by atoms with E-state index >= 15 is 0 Å². The highest BCUT2D eigenvalue weighted by Gasteiger charge is 2.40. The Morgan fingerprint density at radius 1 is 1.28 bits per heavy atom. The van der Waals surface area contributed by atoms with Crippen molar-refractivity contribution < 1.29 is 4.74 Å². The highest BCUT2D eigenvalue weighted by atomic mass is 35.5. The topological polar surface area (TPSA) is 91.9 Å². The molecule has 0 radical (unpaired) electrons. The molecule has 0 atom stereocenters. The molecule has 2 aromatic rings. The van der Waals surface area contributed by atoms with Gasteiger partial charge in [0.05, 0.1) is 46.7 Å². The number of fused-ring (bicyclic) bond motifs is 1. The van der Waals surface area contributed by atoms with Crippen LogP contribution in [0.2, 0.25) is 5.02 Å². The van der Waals surface area contributed by atoms with E-state index in [4.69, 9.17) is 33.7 Å². The second-order valence-electron chi connectivity index (χ2n) is 8.88. The minimum Gasteiger partial charge on any atom is -0.403 e. The molecule has 0 spiro atoms. The number of hydrogen-bond donors (Lipinski definition) is 2. The zero-order chi connectivity index (χ0) is 22.3. The summed E-state index contributed by atoms with van der Waals surface area (Å²) < 4.78 is 5.43. The predicted molar refractivity (Wildman–Crippen MR) is 130 cm³/mol. The maximum absolute atomic E-state index is 6.64. The number of allylic oxidation sites excluding steroid dienone is 1. The van der Waals surface area contributed by atoms with Crippen molar-refractivity contribution in [3.63, 3.8) is 0 Å². The van der Waals surface area contributed by atoms with Gasteiger partial charge in [0.25, 0.3) is 0 Å². The molecule has 32 heavy (non-hydrogen) atoms. The van der Waals surface area contributed by atoms with Gasteiger partial charge in [-0.2, -0.15) is 0 Å². The van der Waals surface area contributed by atoms with E-state index in [0.29, 0.717) is 27.9 Å². The van der Waals surface area contributed by atoms with Crippen LogP contribution in [-0.4, -0.2) is 71.0 Å². The van der Waals surface area contributed by atoms with Crippen molar-refractivity contribution in [2.24, 2.45) is 10.7 Å². The molecule has 1 aliphatic carbocycles. The summed E-state index contributed by atoms with van der Waals surface area (Å²) >= 11 is 12.9. The number of benzene rings is 1. The summed E-state index contributed by atoms with van der Waals surface area (Å²) in [6, 6.07) is 4.24. The van der Waals surface area contributed by atoms with E-state index in [2.05, 4.69) is 37.0 Å². The van der Waals surface area contributed by atoms with Gasteiger partial charge in [0, 0.05) is 44.0 Å². The lowest BCUT2D eigenvalue weighted by molar-refractivity contribution is -0.131. The van der Waals surface area contributed by atoms with Crippen LogP contribution in [0.25, 0.3) is 10.9 Å². The van der Waals surface area contributed by atoms with E-state index in [-0.39, 0.29) is 5.54 Å². The van der Waals surface area contributed by atoms with Crippen LogP contribution in [0.1, 0.15) is 19.8 Å². The zero-order valence-electron chi connectivity index (χ0n) is 18.0. The molecule has 1 saturated carbocycles. The first-order valence-electron chi connectivity index (χ1n) is 10.9. The number of halogens is 2. The second-order valence-corrected chi connectivity index (χ2v) is 9.64. The van der Waals surface area contributed by atoms with Gasteiger partial charge in [0.2, 0.25) is 5.95 Å². The fourth-order valence-corrected chi connectivity index (χ4v) is 4.67. The van der Waals surface area contributed by atoms with Crippen LogP contribution in [0, 0.1) is 0 Å². The number of nitrogens with two attached hydrogens (primary N) is 1. The van der Waals surface area contributed by atoms with Crippen molar-refractivity contribution in [1.29, 1.82) is 0 Å². The van der Waals surface area contributed by atoms with Gasteiger partial charge in [-0.1, -0.05) is 23.2 Å². The number of aromatic nitrogens is 2. The van der Waals surface area contributed by atoms with Crippen molar-refractivity contribution in [3.05, 3.63) is 35.2 Å². The van der Waals surface area contributed by atoms with E-state index in [0.717, 1.165) is 68.8 Å². The van der Waals surface area contributed by atoms with Crippen molar-refractivity contribution in [2.75, 3.05) is 49.6 Å². The maximum Gasteiger partial charge on any atom is 0.227 e. The number of nitrogens with zero attached hydrogens (tertiary/aromatic N) is 5. The van der Waals surface area contributed by atoms with Gasteiger partial charge in [-0.3, -0.25) is 9.89 Å². The number of aliphatic imine (C=N–C) groups is 1. The minimum absolute atomic E-state index is 0.172. The van der Waals surface area contributed by atoms with Crippen molar-refractivity contribution in [1.82, 2.24) is 14.9 Å². The van der Waals surface area contributed by atoms with Gasteiger partial charge in [-0.15, -0.1) is 0 Å². The average Bonchev–Trinajstić information content (AvgIpc) is 3.59. The fourth-order valence-electron chi connectivity index (χ4n) is 4.13. The standard InChI is InChI=1S/C22H27Cl2N7O/c1-22(12-32-13-22)31-6-4-30(5-7-31)19-9-17-14(8-16(19)23)11-26-21(28-17)29-18(10-25)20(24)27-15-2-3-15/h8-11,15H,2-7,12-13,25H2,1H3,(H,26,28,29)/b18-10+,27-20?. The van der Waals surface area contributed by atoms with Gasteiger partial charge in [-0.05, 0) is 31.9 Å². The molecule has 3 aliphatic rings. The third-order valence-electron chi connectivity index (χ3n) is 6.34. The molecule has 0 unspecified atom stereocenters. The molecular weight excluding hydrogens is 449 g/mol. The molecule has 2 aliphatic heterocycles. The lowest BCUT2D eigenvalue weighted by Gasteiger charge is -2.50. The highest BCUT2D eigenvalue weighted by molar-refractivity contribution is 6.69. The normalized spacial score (nSPS) is 22.2. The summed E-state index contributed by atoms with van der Waals surface area (Å²) in [5.41, 5.74) is 8.20. The number of rotatable bonds is 6. The SMILES string of the molecule is CC1(N2CCN(c3cc4nc(N/C(=C/N)C(Cl)=NC5CC5)ncc4cc3Cl)CC2)COC1. The van der Waals surface area contributed by atoms with Crippen LogP contribution in [0.4, 0.5) is 11.6 Å². The quantitative estimate of drug-likeness (QED) is 0.619. The Bertz CT molecular complexity index is 1070. The Hall–Kier alpha value is -2.13. The summed E-state index contributed by atoms with van der Waals surface area (Å²) in [6.07, 6.45) is 5.26. The van der Waals surface area contributed by atoms with E-state index in [1.165, 1.54) is 6.20 Å². The summed E-state index contributed by atoms with van der Waals surface area (Å²) in [4.78, 5) is 18.3. The first-order chi connectivity index (χ1) is 15.4. The Morgan fingerprint density at radius 2 is 2.03 bits per heavy atom. The number of nitrogens with one attached hydrogen (secondary N) is 1. The predicted octanol–water partition coefficient (Wildman–Crippen LogP) is 3.21. The molecule has 170 valence electrons. The summed E-state index contributed by atoms with van der Waals surface area (Å²) in [5.74, 6) is 0.411. The highest BCUT2D eigenvalue weighted by Crippen LogP contribution is 2.33. The largest absolute Gasteiger partial charge is 0.403 e. The first kappa shape index (κ1) is 21.7. The Morgan fingerprint density at radius 3 is 2.66 bits per heavy atom. The molecule has 0 bridgehead atoms. The Labute approximate surface area is 197 Å². The van der Waals surface area contributed by atoms with E-state index in [9.17, 15) is 0 Å². The van der Waals surface area contributed by atoms with Gasteiger partial charge in [0.1, 0.15) is 5.17 Å². The summed E-state index contributed by atoms with van der Waals surface area (Å²) in [5, 5.41) is 5.01. The molecule has 2 saturated heterocycles. The van der Waals surface area contributed by atoms with Crippen molar-refractivity contribution in [3.8, 4) is 0 Å². The molecule has 3 fully saturated rings. The number of piperazine rings is 1. The monoisotopic (exact) mass is 475 g/mol. The number of ether oxygens (including phenoxy) is 1. The van der Waals surface area contributed by atoms with Crippen LogP contribution >= 0.6 is 23.2 Å². The third kappa shape index (κ3) is 4.37. The van der Waals surface area contributed by atoms with Crippen LogP contribution in [0.3, 0.4) is 0 Å². The molecule has 8 nitrogen and oxygen atoms in total. The second kappa shape index (κ2) is 8.67. The van der Waals surface area contributed by atoms with Crippen LogP contribution in [0.5, 0.6) is 0 Å². The molecule has 10 heteroatoms. The lowest BCUT2D eigenvalue weighted by atomic mass is 9.97. The van der Waals surface area contributed by atoms with E-state index in [1.807, 2.05) is 12.1 Å². The molecular formula is C22H27Cl2N7O. The first-order valence-corrected chi connectivity index (χ1v) is 11.7. The summed E-state index contributed by atoms with van der Waals surface area (Å²) in [6.45, 7) is 7.67. The van der Waals surface area contributed by atoms with Crippen LogP contribution in [-0.2, 0) is 4.74 Å². The molecule has 1 aromatic carbocycles. The van der Waals surface area contributed by atoms with Crippen molar-refractivity contribution in [2.45, 2.75) is 31.3 Å². The Balaban J connectivity index is 1.34. The van der Waals surface area contributed by atoms with E-state index < -0.39 is 0 Å². The van der Waals surface area contributed by atoms with Gasteiger partial charge < -0.3 is 20.7 Å². The third-order valence-corrected chi connectivity index (χ3v) is 6.94. The average molecular weight is 476 g/mol. The Kier molecular flexibility index (Phi) is 5.88. The van der Waals surface area contributed by atoms with Crippen molar-refractivity contribution >= 4 is 50.9 Å². The lowest BCUT2D eigenvalue weighted by Crippen LogP contribution is -2.64. The molecule has 1 aromatic heterocycles. The van der Waals surface area contributed by atoms with Gasteiger partial charge >= 0.3 is 0 Å².